The van der Waals surface area contributed by atoms with Crippen LogP contribution in [0.1, 0.15) is 55.0 Å². The molecule has 0 saturated carbocycles. The number of rotatable bonds is 9. The summed E-state index contributed by atoms with van der Waals surface area (Å²) < 4.78 is 0. The van der Waals surface area contributed by atoms with Crippen LogP contribution in [-0.2, 0) is 29.0 Å². The van der Waals surface area contributed by atoms with Crippen LogP contribution < -0.4 is 5.32 Å². The molecular weight excluding hydrogens is 432 g/mol. The van der Waals surface area contributed by atoms with E-state index in [1.165, 1.54) is 5.56 Å². The van der Waals surface area contributed by atoms with Crippen molar-refractivity contribution in [3.8, 4) is 0 Å². The molecule has 0 heterocycles. The van der Waals surface area contributed by atoms with Crippen LogP contribution in [0.4, 0.5) is 0 Å². The molecule has 3 aromatic carbocycles. The first-order chi connectivity index (χ1) is 16.6. The van der Waals surface area contributed by atoms with Gasteiger partial charge in [-0.15, -0.1) is 0 Å². The summed E-state index contributed by atoms with van der Waals surface area (Å²) in [5.41, 5.74) is 5.13. The predicted molar refractivity (Wildman–Crippen MR) is 143 cm³/mol. The topological polar surface area (TPSA) is 49.4 Å². The number of hydrogen-bond donors (Lipinski definition) is 1. The standard InChI is InChI=1S/C31H38N2O2/c1-23-11-15-25(16-12-23)19-20-29(34)33(22-27-17-13-24(2)14-18-27)28(30(35)32-31(3,4)5)21-26-9-7-6-8-10-26/h6-18,28H,19-22H2,1-5H3,(H,32,35)/t28-/m1/s1. The summed E-state index contributed by atoms with van der Waals surface area (Å²) in [7, 11) is 0. The number of benzene rings is 3. The van der Waals surface area contributed by atoms with Crippen molar-refractivity contribution in [3.63, 3.8) is 0 Å². The minimum atomic E-state index is -0.608. The second-order valence-corrected chi connectivity index (χ2v) is 10.4. The summed E-state index contributed by atoms with van der Waals surface area (Å²) in [4.78, 5) is 29.0. The Bertz CT molecular complexity index is 1100. The Balaban J connectivity index is 1.91. The van der Waals surface area contributed by atoms with Crippen molar-refractivity contribution in [1.82, 2.24) is 10.2 Å². The van der Waals surface area contributed by atoms with Crippen molar-refractivity contribution in [2.45, 2.75) is 72.0 Å². The molecule has 4 heteroatoms. The molecule has 0 saturated heterocycles. The Morgan fingerprint density at radius 2 is 1.31 bits per heavy atom. The summed E-state index contributed by atoms with van der Waals surface area (Å²) >= 11 is 0. The zero-order valence-electron chi connectivity index (χ0n) is 21.7. The van der Waals surface area contributed by atoms with Crippen LogP contribution in [0.3, 0.4) is 0 Å². The number of aryl methyl sites for hydroxylation is 3. The lowest BCUT2D eigenvalue weighted by Crippen LogP contribution is -2.54. The van der Waals surface area contributed by atoms with E-state index >= 15 is 0 Å². The molecule has 3 rings (SSSR count). The summed E-state index contributed by atoms with van der Waals surface area (Å²) in [6.45, 7) is 10.4. The number of nitrogens with zero attached hydrogens (tertiary/aromatic N) is 1. The van der Waals surface area contributed by atoms with Gasteiger partial charge in [0.15, 0.2) is 0 Å². The van der Waals surface area contributed by atoms with Crippen LogP contribution in [0.25, 0.3) is 0 Å². The van der Waals surface area contributed by atoms with Crippen molar-refractivity contribution in [2.75, 3.05) is 0 Å². The molecule has 0 spiro atoms. The van der Waals surface area contributed by atoms with E-state index in [1.54, 1.807) is 4.90 Å². The third-order valence-corrected chi connectivity index (χ3v) is 5.99. The molecule has 0 unspecified atom stereocenters. The smallest absolute Gasteiger partial charge is 0.243 e. The molecule has 0 radical (unpaired) electrons. The van der Waals surface area contributed by atoms with Crippen LogP contribution in [0.15, 0.2) is 78.9 Å². The first-order valence-electron chi connectivity index (χ1n) is 12.4. The molecule has 35 heavy (non-hydrogen) atoms. The maximum absolute atomic E-state index is 13.7. The fourth-order valence-electron chi connectivity index (χ4n) is 4.05. The van der Waals surface area contributed by atoms with Crippen molar-refractivity contribution in [3.05, 3.63) is 107 Å². The zero-order chi connectivity index (χ0) is 25.4. The third-order valence-electron chi connectivity index (χ3n) is 5.99. The molecule has 0 fully saturated rings. The lowest BCUT2D eigenvalue weighted by atomic mass is 9.99. The van der Waals surface area contributed by atoms with Crippen LogP contribution in [0, 0.1) is 13.8 Å². The van der Waals surface area contributed by atoms with Crippen LogP contribution >= 0.6 is 0 Å². The predicted octanol–water partition coefficient (Wildman–Crippen LogP) is 5.79. The van der Waals surface area contributed by atoms with Gasteiger partial charge in [0, 0.05) is 24.9 Å². The van der Waals surface area contributed by atoms with Crippen molar-refractivity contribution >= 4 is 11.8 Å². The van der Waals surface area contributed by atoms with E-state index < -0.39 is 11.6 Å². The van der Waals surface area contributed by atoms with Crippen LogP contribution in [-0.4, -0.2) is 28.3 Å². The highest BCUT2D eigenvalue weighted by Crippen LogP contribution is 2.18. The fourth-order valence-corrected chi connectivity index (χ4v) is 4.05. The van der Waals surface area contributed by atoms with Gasteiger partial charge in [-0.2, -0.15) is 0 Å². The van der Waals surface area contributed by atoms with Crippen molar-refractivity contribution < 1.29 is 9.59 Å². The van der Waals surface area contributed by atoms with Gasteiger partial charge in [-0.05, 0) is 57.7 Å². The minimum absolute atomic E-state index is 0.0175. The van der Waals surface area contributed by atoms with Crippen LogP contribution in [0.5, 0.6) is 0 Å². The molecule has 3 aromatic rings. The van der Waals surface area contributed by atoms with E-state index in [2.05, 4.69) is 36.5 Å². The molecule has 1 N–H and O–H groups in total. The maximum atomic E-state index is 13.7. The zero-order valence-corrected chi connectivity index (χ0v) is 21.7. The highest BCUT2D eigenvalue weighted by molar-refractivity contribution is 5.88. The molecular formula is C31H38N2O2. The Hall–Kier alpha value is -3.40. The number of carbonyl (C=O) groups excluding carboxylic acids is 2. The molecule has 0 aliphatic heterocycles. The van der Waals surface area contributed by atoms with E-state index in [0.29, 0.717) is 25.8 Å². The van der Waals surface area contributed by atoms with Gasteiger partial charge in [0.1, 0.15) is 6.04 Å². The maximum Gasteiger partial charge on any atom is 0.243 e. The largest absolute Gasteiger partial charge is 0.350 e. The van der Waals surface area contributed by atoms with E-state index in [1.807, 2.05) is 82.3 Å². The second kappa shape index (κ2) is 11.8. The molecule has 0 bridgehead atoms. The van der Waals surface area contributed by atoms with Crippen LogP contribution in [0.2, 0.25) is 0 Å². The highest BCUT2D eigenvalue weighted by atomic mass is 16.2. The lowest BCUT2D eigenvalue weighted by Gasteiger charge is -2.34. The quantitative estimate of drug-likeness (QED) is 0.430. The van der Waals surface area contributed by atoms with Gasteiger partial charge in [-0.1, -0.05) is 90.0 Å². The summed E-state index contributed by atoms with van der Waals surface area (Å²) in [5, 5.41) is 3.12. The van der Waals surface area contributed by atoms with E-state index in [9.17, 15) is 9.59 Å². The second-order valence-electron chi connectivity index (χ2n) is 10.4. The molecule has 184 valence electrons. The van der Waals surface area contributed by atoms with E-state index in [4.69, 9.17) is 0 Å². The average Bonchev–Trinajstić information content (AvgIpc) is 2.81. The molecule has 0 aromatic heterocycles. The van der Waals surface area contributed by atoms with Gasteiger partial charge in [0.05, 0.1) is 0 Å². The average molecular weight is 471 g/mol. The Morgan fingerprint density at radius 3 is 1.86 bits per heavy atom. The number of amides is 2. The Morgan fingerprint density at radius 1 is 0.771 bits per heavy atom. The normalized spacial score (nSPS) is 12.1. The van der Waals surface area contributed by atoms with Gasteiger partial charge < -0.3 is 10.2 Å². The molecule has 4 nitrogen and oxygen atoms in total. The van der Waals surface area contributed by atoms with E-state index in [0.717, 1.165) is 22.3 Å². The highest BCUT2D eigenvalue weighted by Gasteiger charge is 2.32. The summed E-state index contributed by atoms with van der Waals surface area (Å²) in [6, 6.07) is 25.8. The minimum Gasteiger partial charge on any atom is -0.350 e. The molecule has 0 aliphatic rings. The van der Waals surface area contributed by atoms with E-state index in [-0.39, 0.29) is 11.8 Å². The number of carbonyl (C=O) groups is 2. The number of hydrogen-bond acceptors (Lipinski definition) is 2. The first kappa shape index (κ1) is 26.2. The molecule has 1 atom stereocenters. The molecule has 0 aliphatic carbocycles. The summed E-state index contributed by atoms with van der Waals surface area (Å²) in [6.07, 6.45) is 1.45. The Labute approximate surface area is 210 Å². The first-order valence-corrected chi connectivity index (χ1v) is 12.4. The van der Waals surface area contributed by atoms with Crippen molar-refractivity contribution in [1.29, 1.82) is 0 Å². The molecule has 2 amide bonds. The fraction of sp³-hybridized carbons (Fsp3) is 0.355. The third kappa shape index (κ3) is 8.40. The lowest BCUT2D eigenvalue weighted by molar-refractivity contribution is -0.141. The SMILES string of the molecule is Cc1ccc(CCC(=O)N(Cc2ccc(C)cc2)[C@H](Cc2ccccc2)C(=O)NC(C)(C)C)cc1. The van der Waals surface area contributed by atoms with Gasteiger partial charge in [0.25, 0.3) is 0 Å². The van der Waals surface area contributed by atoms with Gasteiger partial charge in [-0.25, -0.2) is 0 Å². The Kier molecular flexibility index (Phi) is 8.86. The van der Waals surface area contributed by atoms with Gasteiger partial charge in [-0.3, -0.25) is 9.59 Å². The van der Waals surface area contributed by atoms with Gasteiger partial charge >= 0.3 is 0 Å². The summed E-state index contributed by atoms with van der Waals surface area (Å²) in [5.74, 6) is -0.145. The van der Waals surface area contributed by atoms with Gasteiger partial charge in [0.2, 0.25) is 11.8 Å². The number of nitrogens with one attached hydrogen (secondary N) is 1. The monoisotopic (exact) mass is 470 g/mol. The van der Waals surface area contributed by atoms with Crippen molar-refractivity contribution in [2.24, 2.45) is 0 Å².